The van der Waals surface area contributed by atoms with E-state index in [1.54, 1.807) is 0 Å². The maximum Gasteiger partial charge on any atom is 0.162 e. The van der Waals surface area contributed by atoms with E-state index in [9.17, 15) is 4.79 Å². The summed E-state index contributed by atoms with van der Waals surface area (Å²) in [5.41, 5.74) is 3.79. The van der Waals surface area contributed by atoms with Crippen LogP contribution in [0.3, 0.4) is 0 Å². The Hall–Kier alpha value is -1.11. The van der Waals surface area contributed by atoms with Crippen LogP contribution in [0, 0.1) is 5.92 Å². The van der Waals surface area contributed by atoms with Crippen molar-refractivity contribution >= 4 is 5.78 Å². The highest BCUT2D eigenvalue weighted by atomic mass is 16.1. The van der Waals surface area contributed by atoms with Crippen molar-refractivity contribution in [3.8, 4) is 0 Å². The van der Waals surface area contributed by atoms with Gasteiger partial charge in [0.05, 0.1) is 0 Å². The fraction of sp³-hybridized carbons (Fsp3) is 0.562. The zero-order valence-corrected chi connectivity index (χ0v) is 11.0. The van der Waals surface area contributed by atoms with Gasteiger partial charge in [0, 0.05) is 12.0 Å². The third kappa shape index (κ3) is 3.18. The number of carbonyl (C=O) groups is 1. The summed E-state index contributed by atoms with van der Waals surface area (Å²) in [6.07, 6.45) is 6.60. The summed E-state index contributed by atoms with van der Waals surface area (Å²) in [6, 6.07) is 6.32. The molecule has 0 radical (unpaired) electrons. The SMILES string of the molecule is CC(C)CCC(=O)c1ccc2c(c1)CCCC2. The second-order valence-corrected chi connectivity index (χ2v) is 5.55. The van der Waals surface area contributed by atoms with Crippen LogP contribution in [-0.4, -0.2) is 5.78 Å². The fourth-order valence-corrected chi connectivity index (χ4v) is 2.47. The average Bonchev–Trinajstić information content (AvgIpc) is 2.35. The number of carbonyl (C=O) groups excluding carboxylic acids is 1. The molecule has 1 nitrogen and oxygen atoms in total. The Morgan fingerprint density at radius 3 is 2.59 bits per heavy atom. The van der Waals surface area contributed by atoms with Gasteiger partial charge in [-0.3, -0.25) is 4.79 Å². The molecule has 1 aromatic rings. The summed E-state index contributed by atoms with van der Waals surface area (Å²) < 4.78 is 0. The number of benzene rings is 1. The van der Waals surface area contributed by atoms with Crippen LogP contribution < -0.4 is 0 Å². The summed E-state index contributed by atoms with van der Waals surface area (Å²) in [6.45, 7) is 4.33. The monoisotopic (exact) mass is 230 g/mol. The summed E-state index contributed by atoms with van der Waals surface area (Å²) in [5.74, 6) is 0.920. The Labute approximate surface area is 104 Å². The van der Waals surface area contributed by atoms with Gasteiger partial charge in [-0.2, -0.15) is 0 Å². The van der Waals surface area contributed by atoms with Gasteiger partial charge in [-0.15, -0.1) is 0 Å². The third-order valence-electron chi connectivity index (χ3n) is 3.62. The number of hydrogen-bond donors (Lipinski definition) is 0. The minimum atomic E-state index is 0.312. The number of hydrogen-bond acceptors (Lipinski definition) is 1. The number of rotatable bonds is 4. The van der Waals surface area contributed by atoms with Crippen LogP contribution in [0.25, 0.3) is 0 Å². The van der Waals surface area contributed by atoms with E-state index in [0.717, 1.165) is 18.4 Å². The standard InChI is InChI=1S/C16H22O/c1-12(2)7-10-16(17)15-9-8-13-5-3-4-6-14(13)11-15/h8-9,11-12H,3-7,10H2,1-2H3. The lowest BCUT2D eigenvalue weighted by Gasteiger charge is -2.16. The van der Waals surface area contributed by atoms with Crippen molar-refractivity contribution in [1.82, 2.24) is 0 Å². The lowest BCUT2D eigenvalue weighted by molar-refractivity contribution is 0.0975. The van der Waals surface area contributed by atoms with Crippen molar-refractivity contribution in [2.24, 2.45) is 5.92 Å². The summed E-state index contributed by atoms with van der Waals surface area (Å²) in [4.78, 5) is 12.0. The van der Waals surface area contributed by atoms with Crippen molar-refractivity contribution in [2.75, 3.05) is 0 Å². The molecule has 0 aromatic heterocycles. The predicted molar refractivity (Wildman–Crippen MR) is 71.5 cm³/mol. The van der Waals surface area contributed by atoms with Gasteiger partial charge in [-0.1, -0.05) is 26.0 Å². The zero-order chi connectivity index (χ0) is 12.3. The molecule has 0 unspecified atom stereocenters. The lowest BCUT2D eigenvalue weighted by Crippen LogP contribution is -2.06. The first kappa shape index (κ1) is 12.3. The van der Waals surface area contributed by atoms with Crippen LogP contribution in [-0.2, 0) is 12.8 Å². The maximum atomic E-state index is 12.0. The molecule has 2 rings (SSSR count). The lowest BCUT2D eigenvalue weighted by atomic mass is 9.89. The highest BCUT2D eigenvalue weighted by Gasteiger charge is 2.12. The van der Waals surface area contributed by atoms with Crippen LogP contribution in [0.4, 0.5) is 0 Å². The van der Waals surface area contributed by atoms with Gasteiger partial charge in [-0.25, -0.2) is 0 Å². The molecular weight excluding hydrogens is 208 g/mol. The molecule has 0 bridgehead atoms. The van der Waals surface area contributed by atoms with Crippen LogP contribution >= 0.6 is 0 Å². The highest BCUT2D eigenvalue weighted by molar-refractivity contribution is 5.96. The second kappa shape index (κ2) is 5.48. The molecule has 0 saturated heterocycles. The first-order valence-corrected chi connectivity index (χ1v) is 6.82. The van der Waals surface area contributed by atoms with E-state index in [2.05, 4.69) is 26.0 Å². The molecule has 92 valence electrons. The van der Waals surface area contributed by atoms with Crippen molar-refractivity contribution < 1.29 is 4.79 Å². The van der Waals surface area contributed by atoms with Gasteiger partial charge >= 0.3 is 0 Å². The first-order valence-electron chi connectivity index (χ1n) is 6.82. The number of Topliss-reactive ketones (excluding diaryl/α,β-unsaturated/α-hetero) is 1. The normalized spacial score (nSPS) is 14.8. The van der Waals surface area contributed by atoms with Gasteiger partial charge in [0.2, 0.25) is 0 Å². The van der Waals surface area contributed by atoms with E-state index in [1.807, 2.05) is 6.07 Å². The van der Waals surface area contributed by atoms with Crippen molar-refractivity contribution in [1.29, 1.82) is 0 Å². The molecule has 1 aliphatic rings. The maximum absolute atomic E-state index is 12.0. The van der Waals surface area contributed by atoms with E-state index in [-0.39, 0.29) is 0 Å². The first-order chi connectivity index (χ1) is 8.16. The van der Waals surface area contributed by atoms with Gasteiger partial charge < -0.3 is 0 Å². The number of fused-ring (bicyclic) bond motifs is 1. The Kier molecular flexibility index (Phi) is 3.98. The molecule has 0 fully saturated rings. The molecule has 0 amide bonds. The van der Waals surface area contributed by atoms with Gasteiger partial charge in [-0.05, 0) is 55.2 Å². The highest BCUT2D eigenvalue weighted by Crippen LogP contribution is 2.23. The van der Waals surface area contributed by atoms with E-state index < -0.39 is 0 Å². The van der Waals surface area contributed by atoms with Crippen molar-refractivity contribution in [3.05, 3.63) is 34.9 Å². The Bertz CT molecular complexity index is 404. The molecule has 0 atom stereocenters. The van der Waals surface area contributed by atoms with E-state index in [1.165, 1.54) is 30.4 Å². The molecule has 0 heterocycles. The van der Waals surface area contributed by atoms with Crippen molar-refractivity contribution in [3.63, 3.8) is 0 Å². The van der Waals surface area contributed by atoms with E-state index in [0.29, 0.717) is 18.1 Å². The van der Waals surface area contributed by atoms with E-state index >= 15 is 0 Å². The smallest absolute Gasteiger partial charge is 0.162 e. The van der Waals surface area contributed by atoms with Crippen LogP contribution in [0.15, 0.2) is 18.2 Å². The minimum absolute atomic E-state index is 0.312. The van der Waals surface area contributed by atoms with Crippen LogP contribution in [0.5, 0.6) is 0 Å². The molecule has 0 N–H and O–H groups in total. The Morgan fingerprint density at radius 1 is 1.18 bits per heavy atom. The Morgan fingerprint density at radius 2 is 1.88 bits per heavy atom. The molecule has 1 aliphatic carbocycles. The topological polar surface area (TPSA) is 17.1 Å². The third-order valence-corrected chi connectivity index (χ3v) is 3.62. The molecule has 0 saturated carbocycles. The minimum Gasteiger partial charge on any atom is -0.294 e. The molecule has 0 spiro atoms. The van der Waals surface area contributed by atoms with E-state index in [4.69, 9.17) is 0 Å². The van der Waals surface area contributed by atoms with Gasteiger partial charge in [0.15, 0.2) is 5.78 Å². The molecular formula is C16H22O. The quantitative estimate of drug-likeness (QED) is 0.709. The second-order valence-electron chi connectivity index (χ2n) is 5.55. The molecule has 17 heavy (non-hydrogen) atoms. The largest absolute Gasteiger partial charge is 0.294 e. The molecule has 1 aromatic carbocycles. The number of aryl methyl sites for hydroxylation is 2. The van der Waals surface area contributed by atoms with Gasteiger partial charge in [0.25, 0.3) is 0 Å². The molecule has 0 aliphatic heterocycles. The summed E-state index contributed by atoms with van der Waals surface area (Å²) in [5, 5.41) is 0. The number of ketones is 1. The zero-order valence-electron chi connectivity index (χ0n) is 11.0. The Balaban J connectivity index is 2.08. The fourth-order valence-electron chi connectivity index (χ4n) is 2.47. The summed E-state index contributed by atoms with van der Waals surface area (Å²) in [7, 11) is 0. The van der Waals surface area contributed by atoms with Crippen molar-refractivity contribution in [2.45, 2.75) is 52.4 Å². The molecule has 1 heteroatoms. The van der Waals surface area contributed by atoms with Gasteiger partial charge in [0.1, 0.15) is 0 Å². The van der Waals surface area contributed by atoms with Crippen LogP contribution in [0.1, 0.15) is 61.0 Å². The summed E-state index contributed by atoms with van der Waals surface area (Å²) >= 11 is 0. The average molecular weight is 230 g/mol. The predicted octanol–water partition coefficient (Wildman–Crippen LogP) is 4.18. The van der Waals surface area contributed by atoms with Crippen LogP contribution in [0.2, 0.25) is 0 Å².